The van der Waals surface area contributed by atoms with Gasteiger partial charge in [-0.1, -0.05) is 13.0 Å². The number of benzene rings is 1. The lowest BCUT2D eigenvalue weighted by Crippen LogP contribution is -2.28. The Bertz CT molecular complexity index is 593. The van der Waals surface area contributed by atoms with Crippen molar-refractivity contribution in [1.82, 2.24) is 15.1 Å². The number of nitrogens with one attached hydrogen (secondary N) is 1. The highest BCUT2D eigenvalue weighted by molar-refractivity contribution is 9.10. The molecule has 0 fully saturated rings. The van der Waals surface area contributed by atoms with E-state index in [1.54, 1.807) is 10.9 Å². The molecule has 2 aromatic rings. The van der Waals surface area contributed by atoms with Crippen LogP contribution in [0.15, 0.2) is 28.9 Å². The zero-order valence-corrected chi connectivity index (χ0v) is 13.6. The maximum absolute atomic E-state index is 14.2. The lowest BCUT2D eigenvalue weighted by atomic mass is 10.0. The van der Waals surface area contributed by atoms with Gasteiger partial charge in [-0.3, -0.25) is 4.68 Å². The van der Waals surface area contributed by atoms with Crippen LogP contribution < -0.4 is 5.32 Å². The summed E-state index contributed by atoms with van der Waals surface area (Å²) >= 11 is 3.43. The molecular formula is C15H18BrF2N3. The Morgan fingerprint density at radius 1 is 1.29 bits per heavy atom. The third kappa shape index (κ3) is 3.32. The van der Waals surface area contributed by atoms with Crippen molar-refractivity contribution in [3.05, 3.63) is 51.8 Å². The van der Waals surface area contributed by atoms with Crippen molar-refractivity contribution >= 4 is 15.9 Å². The predicted octanol–water partition coefficient (Wildman–Crippen LogP) is 4.03. The Hall–Kier alpha value is -1.27. The fraction of sp³-hybridized carbons (Fsp3) is 0.400. The molecule has 1 N–H and O–H groups in total. The van der Waals surface area contributed by atoms with Gasteiger partial charge in [-0.2, -0.15) is 5.10 Å². The fourth-order valence-corrected chi connectivity index (χ4v) is 2.85. The molecule has 1 heterocycles. The second-order valence-corrected chi connectivity index (χ2v) is 5.57. The monoisotopic (exact) mass is 357 g/mol. The first-order valence-electron chi connectivity index (χ1n) is 6.98. The van der Waals surface area contributed by atoms with Gasteiger partial charge >= 0.3 is 0 Å². The highest BCUT2D eigenvalue weighted by Crippen LogP contribution is 2.31. The Morgan fingerprint density at radius 3 is 2.52 bits per heavy atom. The second-order valence-electron chi connectivity index (χ2n) is 4.72. The van der Waals surface area contributed by atoms with Crippen LogP contribution in [0.2, 0.25) is 0 Å². The molecule has 1 unspecified atom stereocenters. The number of hydrogen-bond donors (Lipinski definition) is 1. The topological polar surface area (TPSA) is 29.9 Å². The molecule has 0 amide bonds. The minimum absolute atomic E-state index is 0.0295. The number of halogens is 3. The number of aryl methyl sites for hydroxylation is 1. The van der Waals surface area contributed by atoms with E-state index in [9.17, 15) is 8.78 Å². The maximum Gasteiger partial charge on any atom is 0.131 e. The maximum atomic E-state index is 14.2. The minimum Gasteiger partial charge on any atom is -0.305 e. The standard InChI is InChI=1S/C15H18BrF2N3/c1-3-8-19-14(13-11(17)6-5-7-12(13)18)15-10(16)9-20-21(15)4-2/h5-7,9,14,19H,3-4,8H2,1-2H3. The Kier molecular flexibility index (Phi) is 5.47. The van der Waals surface area contributed by atoms with Crippen molar-refractivity contribution in [3.63, 3.8) is 0 Å². The Balaban J connectivity index is 2.55. The van der Waals surface area contributed by atoms with Crippen LogP contribution in [0.5, 0.6) is 0 Å². The van der Waals surface area contributed by atoms with E-state index in [0.29, 0.717) is 13.1 Å². The van der Waals surface area contributed by atoms with E-state index >= 15 is 0 Å². The predicted molar refractivity (Wildman–Crippen MR) is 82.1 cm³/mol. The quantitative estimate of drug-likeness (QED) is 0.845. The van der Waals surface area contributed by atoms with E-state index in [0.717, 1.165) is 16.6 Å². The second kappa shape index (κ2) is 7.13. The summed E-state index contributed by atoms with van der Waals surface area (Å²) in [4.78, 5) is 0. The molecule has 2 rings (SSSR count). The molecule has 6 heteroatoms. The summed E-state index contributed by atoms with van der Waals surface area (Å²) in [6, 6.07) is 3.35. The molecule has 1 aromatic carbocycles. The lowest BCUT2D eigenvalue weighted by Gasteiger charge is -2.22. The molecule has 0 bridgehead atoms. The molecule has 21 heavy (non-hydrogen) atoms. The molecule has 3 nitrogen and oxygen atoms in total. The first kappa shape index (κ1) is 16.1. The summed E-state index contributed by atoms with van der Waals surface area (Å²) in [6.07, 6.45) is 2.52. The van der Waals surface area contributed by atoms with Crippen LogP contribution in [-0.2, 0) is 6.54 Å². The van der Waals surface area contributed by atoms with E-state index < -0.39 is 17.7 Å². The van der Waals surface area contributed by atoms with E-state index in [-0.39, 0.29) is 5.56 Å². The van der Waals surface area contributed by atoms with Crippen LogP contribution in [0.4, 0.5) is 8.78 Å². The van der Waals surface area contributed by atoms with Gasteiger partial charge in [-0.05, 0) is 48.0 Å². The summed E-state index contributed by atoms with van der Waals surface area (Å²) in [6.45, 7) is 5.23. The van der Waals surface area contributed by atoms with Crippen molar-refractivity contribution < 1.29 is 8.78 Å². The van der Waals surface area contributed by atoms with Crippen molar-refractivity contribution in [1.29, 1.82) is 0 Å². The van der Waals surface area contributed by atoms with Gasteiger partial charge in [0.25, 0.3) is 0 Å². The van der Waals surface area contributed by atoms with Gasteiger partial charge in [-0.15, -0.1) is 0 Å². The molecule has 0 saturated carbocycles. The van der Waals surface area contributed by atoms with Gasteiger partial charge < -0.3 is 5.32 Å². The van der Waals surface area contributed by atoms with Gasteiger partial charge in [0.05, 0.1) is 22.4 Å². The zero-order chi connectivity index (χ0) is 15.4. The molecule has 0 radical (unpaired) electrons. The number of nitrogens with zero attached hydrogens (tertiary/aromatic N) is 2. The third-order valence-electron chi connectivity index (χ3n) is 3.29. The highest BCUT2D eigenvalue weighted by atomic mass is 79.9. The highest BCUT2D eigenvalue weighted by Gasteiger charge is 2.26. The molecular weight excluding hydrogens is 340 g/mol. The molecule has 0 aliphatic rings. The minimum atomic E-state index is -0.581. The van der Waals surface area contributed by atoms with Gasteiger partial charge in [0.15, 0.2) is 0 Å². The number of hydrogen-bond acceptors (Lipinski definition) is 2. The Morgan fingerprint density at radius 2 is 1.95 bits per heavy atom. The van der Waals surface area contributed by atoms with Crippen molar-refractivity contribution in [2.24, 2.45) is 0 Å². The van der Waals surface area contributed by atoms with Gasteiger partial charge in [-0.25, -0.2) is 8.78 Å². The molecule has 0 aliphatic carbocycles. The normalized spacial score (nSPS) is 12.6. The van der Waals surface area contributed by atoms with Gasteiger partial charge in [0.2, 0.25) is 0 Å². The van der Waals surface area contributed by atoms with Crippen LogP contribution in [0.25, 0.3) is 0 Å². The van der Waals surface area contributed by atoms with Gasteiger partial charge in [0.1, 0.15) is 11.6 Å². The SMILES string of the molecule is CCCNC(c1c(F)cccc1F)c1c(Br)cnn1CC. The van der Waals surface area contributed by atoms with Crippen molar-refractivity contribution in [2.45, 2.75) is 32.9 Å². The largest absolute Gasteiger partial charge is 0.305 e. The summed E-state index contributed by atoms with van der Waals surface area (Å²) in [7, 11) is 0. The van der Waals surface area contributed by atoms with Crippen LogP contribution in [0, 0.1) is 11.6 Å². The first-order valence-corrected chi connectivity index (χ1v) is 7.77. The van der Waals surface area contributed by atoms with Crippen LogP contribution in [-0.4, -0.2) is 16.3 Å². The van der Waals surface area contributed by atoms with Crippen LogP contribution >= 0.6 is 15.9 Å². The van der Waals surface area contributed by atoms with E-state index in [4.69, 9.17) is 0 Å². The van der Waals surface area contributed by atoms with E-state index in [2.05, 4.69) is 26.3 Å². The Labute approximate surface area is 131 Å². The van der Waals surface area contributed by atoms with Gasteiger partial charge in [0, 0.05) is 12.1 Å². The van der Waals surface area contributed by atoms with Crippen LogP contribution in [0.3, 0.4) is 0 Å². The smallest absolute Gasteiger partial charge is 0.131 e. The average molecular weight is 358 g/mol. The summed E-state index contributed by atoms with van der Waals surface area (Å²) in [5.74, 6) is -1.11. The number of aromatic nitrogens is 2. The summed E-state index contributed by atoms with van der Waals surface area (Å²) < 4.78 is 30.8. The van der Waals surface area contributed by atoms with E-state index in [1.807, 2.05) is 13.8 Å². The zero-order valence-electron chi connectivity index (χ0n) is 12.0. The molecule has 0 spiro atoms. The third-order valence-corrected chi connectivity index (χ3v) is 3.90. The molecule has 114 valence electrons. The van der Waals surface area contributed by atoms with E-state index in [1.165, 1.54) is 18.2 Å². The van der Waals surface area contributed by atoms with Crippen LogP contribution in [0.1, 0.15) is 37.6 Å². The fourth-order valence-electron chi connectivity index (χ4n) is 2.32. The number of rotatable bonds is 6. The first-order chi connectivity index (χ1) is 10.1. The summed E-state index contributed by atoms with van der Waals surface area (Å²) in [5.41, 5.74) is 0.761. The molecule has 0 saturated heterocycles. The summed E-state index contributed by atoms with van der Waals surface area (Å²) in [5, 5.41) is 7.45. The molecule has 1 atom stereocenters. The van der Waals surface area contributed by atoms with Crippen molar-refractivity contribution in [2.75, 3.05) is 6.54 Å². The molecule has 1 aromatic heterocycles. The molecule has 0 aliphatic heterocycles. The van der Waals surface area contributed by atoms with Crippen molar-refractivity contribution in [3.8, 4) is 0 Å². The average Bonchev–Trinajstić information content (AvgIpc) is 2.83. The lowest BCUT2D eigenvalue weighted by molar-refractivity contribution is 0.475.